The van der Waals surface area contributed by atoms with E-state index in [4.69, 9.17) is 15.5 Å². The average Bonchev–Trinajstić information content (AvgIpc) is 3.28. The number of fused-ring (bicyclic) bond motifs is 5. The van der Waals surface area contributed by atoms with Crippen LogP contribution in [0.5, 0.6) is 0 Å². The number of ether oxygens (including phenoxy) is 1. The number of morpholine rings is 1. The van der Waals surface area contributed by atoms with E-state index >= 15 is 0 Å². The number of aryl methyl sites for hydroxylation is 1. The largest absolute Gasteiger partial charge is 0.378 e. The molecule has 1 amide bonds. The maximum Gasteiger partial charge on any atom is 0.288 e. The molecule has 0 aromatic carbocycles. The van der Waals surface area contributed by atoms with Crippen molar-refractivity contribution >= 4 is 43.5 Å². The fraction of sp³-hybridized carbons (Fsp3) is 0.471. The van der Waals surface area contributed by atoms with Crippen molar-refractivity contribution in [3.63, 3.8) is 0 Å². The van der Waals surface area contributed by atoms with Crippen molar-refractivity contribution in [1.82, 2.24) is 20.0 Å². The van der Waals surface area contributed by atoms with Gasteiger partial charge in [-0.2, -0.15) is 0 Å². The van der Waals surface area contributed by atoms with Crippen molar-refractivity contribution < 1.29 is 9.53 Å². The summed E-state index contributed by atoms with van der Waals surface area (Å²) in [7, 11) is 0. The summed E-state index contributed by atoms with van der Waals surface area (Å²) in [5, 5.41) is 9.10. The number of primary amides is 1. The molecule has 0 spiro atoms. The quantitative estimate of drug-likeness (QED) is 0.684. The molecule has 0 unspecified atom stereocenters. The molecule has 10 heteroatoms. The molecule has 1 saturated heterocycles. The maximum absolute atomic E-state index is 12.7. The Balaban J connectivity index is 1.75. The van der Waals surface area contributed by atoms with Gasteiger partial charge in [0, 0.05) is 18.5 Å². The Labute approximate surface area is 157 Å². The van der Waals surface area contributed by atoms with Crippen LogP contribution in [0.4, 0.5) is 5.82 Å². The Hall–Kier alpha value is -2.59. The third kappa shape index (κ3) is 2.59. The molecule has 4 heterocycles. The van der Waals surface area contributed by atoms with E-state index < -0.39 is 5.91 Å². The summed E-state index contributed by atoms with van der Waals surface area (Å²) in [6.07, 6.45) is 3.00. The summed E-state index contributed by atoms with van der Waals surface area (Å²) in [4.78, 5) is 31.9. The number of nitrogens with zero attached hydrogens (tertiary/aromatic N) is 5. The lowest BCUT2D eigenvalue weighted by molar-refractivity contribution is -0.118. The van der Waals surface area contributed by atoms with Crippen molar-refractivity contribution in [2.75, 3.05) is 31.2 Å². The van der Waals surface area contributed by atoms with Crippen molar-refractivity contribution in [2.45, 2.75) is 25.8 Å². The van der Waals surface area contributed by atoms with Crippen LogP contribution in [0.15, 0.2) is 4.79 Å². The molecule has 0 bridgehead atoms. The topological polar surface area (TPSA) is 116 Å². The number of rotatable bonds is 3. The van der Waals surface area contributed by atoms with E-state index in [-0.39, 0.29) is 12.1 Å². The lowest BCUT2D eigenvalue weighted by Crippen LogP contribution is -2.37. The normalized spacial score (nSPS) is 17.0. The predicted molar refractivity (Wildman–Crippen MR) is 101 cm³/mol. The molecule has 5 rings (SSSR count). The minimum Gasteiger partial charge on any atom is -0.378 e. The summed E-state index contributed by atoms with van der Waals surface area (Å²) in [5.74, 6) is 0.385. The molecule has 2 aliphatic rings. The molecule has 3 aromatic heterocycles. The first kappa shape index (κ1) is 16.6. The Morgan fingerprint density at radius 2 is 2.00 bits per heavy atom. The fourth-order valence-corrected chi connectivity index (χ4v) is 5.06. The van der Waals surface area contributed by atoms with E-state index in [1.807, 2.05) is 0 Å². The maximum atomic E-state index is 12.7. The first-order valence-corrected chi connectivity index (χ1v) is 9.78. The zero-order valence-electron chi connectivity index (χ0n) is 14.6. The number of nitrogens with two attached hydrogens (primary N) is 1. The highest BCUT2D eigenvalue weighted by atomic mass is 32.1. The standard InChI is InChI=1S/C17H18N6O3S/c18-11(24)8-23-17(25)14-13(20-21-23)12-9-2-1-3-10(9)15(19-16(12)27-14)22-4-6-26-7-5-22/h1-8H2,(H2,18,24). The van der Waals surface area contributed by atoms with E-state index in [1.165, 1.54) is 22.5 Å². The fourth-order valence-electron chi connectivity index (χ4n) is 3.98. The summed E-state index contributed by atoms with van der Waals surface area (Å²) < 4.78 is 6.96. The van der Waals surface area contributed by atoms with Crippen LogP contribution in [0.3, 0.4) is 0 Å². The van der Waals surface area contributed by atoms with E-state index in [2.05, 4.69) is 15.2 Å². The van der Waals surface area contributed by atoms with E-state index in [9.17, 15) is 9.59 Å². The van der Waals surface area contributed by atoms with Crippen LogP contribution in [0, 0.1) is 0 Å². The number of hydrogen-bond acceptors (Lipinski definition) is 8. The van der Waals surface area contributed by atoms with E-state index in [0.29, 0.717) is 23.4 Å². The number of hydrogen-bond donors (Lipinski definition) is 1. The number of aromatic nitrogens is 4. The molecular weight excluding hydrogens is 368 g/mol. The van der Waals surface area contributed by atoms with Gasteiger partial charge in [0.2, 0.25) is 5.91 Å². The molecule has 9 nitrogen and oxygen atoms in total. The summed E-state index contributed by atoms with van der Waals surface area (Å²) in [5.41, 5.74) is 7.92. The van der Waals surface area contributed by atoms with Gasteiger partial charge in [0.05, 0.1) is 13.2 Å². The number of amides is 1. The van der Waals surface area contributed by atoms with Gasteiger partial charge < -0.3 is 15.4 Å². The Morgan fingerprint density at radius 1 is 1.22 bits per heavy atom. The molecule has 1 fully saturated rings. The second-order valence-electron chi connectivity index (χ2n) is 6.82. The van der Waals surface area contributed by atoms with Gasteiger partial charge in [0.15, 0.2) is 0 Å². The van der Waals surface area contributed by atoms with Gasteiger partial charge in [-0.15, -0.1) is 16.4 Å². The molecule has 3 aromatic rings. The second kappa shape index (κ2) is 6.24. The van der Waals surface area contributed by atoms with Crippen LogP contribution in [0.2, 0.25) is 0 Å². The Morgan fingerprint density at radius 3 is 2.78 bits per heavy atom. The molecule has 140 valence electrons. The number of thiophene rings is 1. The van der Waals surface area contributed by atoms with Crippen molar-refractivity contribution in [3.8, 4) is 0 Å². The zero-order chi connectivity index (χ0) is 18.5. The van der Waals surface area contributed by atoms with Crippen LogP contribution < -0.4 is 16.2 Å². The molecule has 1 aliphatic carbocycles. The van der Waals surface area contributed by atoms with Gasteiger partial charge in [0.25, 0.3) is 5.56 Å². The summed E-state index contributed by atoms with van der Waals surface area (Å²) in [6, 6.07) is 0. The van der Waals surface area contributed by atoms with E-state index in [1.54, 1.807) is 0 Å². The summed E-state index contributed by atoms with van der Waals surface area (Å²) >= 11 is 1.32. The van der Waals surface area contributed by atoms with Crippen LogP contribution in [-0.2, 0) is 28.9 Å². The molecule has 27 heavy (non-hydrogen) atoms. The lowest BCUT2D eigenvalue weighted by atomic mass is 10.1. The minimum atomic E-state index is -0.625. The molecular formula is C17H18N6O3S. The van der Waals surface area contributed by atoms with Gasteiger partial charge in [-0.3, -0.25) is 9.59 Å². The van der Waals surface area contributed by atoms with Gasteiger partial charge in [-0.05, 0) is 30.4 Å². The first-order chi connectivity index (χ1) is 13.1. The molecule has 2 N–H and O–H groups in total. The van der Waals surface area contributed by atoms with Crippen molar-refractivity contribution in [3.05, 3.63) is 21.5 Å². The van der Waals surface area contributed by atoms with Gasteiger partial charge in [-0.25, -0.2) is 9.67 Å². The van der Waals surface area contributed by atoms with Crippen LogP contribution in [-0.4, -0.2) is 52.2 Å². The molecule has 0 atom stereocenters. The zero-order valence-corrected chi connectivity index (χ0v) is 15.4. The van der Waals surface area contributed by atoms with Crippen molar-refractivity contribution in [1.29, 1.82) is 0 Å². The van der Waals surface area contributed by atoms with E-state index in [0.717, 1.165) is 53.1 Å². The minimum absolute atomic E-state index is 0.277. The van der Waals surface area contributed by atoms with Crippen LogP contribution in [0.25, 0.3) is 20.4 Å². The van der Waals surface area contributed by atoms with Gasteiger partial charge in [0.1, 0.15) is 27.4 Å². The van der Waals surface area contributed by atoms with Crippen molar-refractivity contribution in [2.24, 2.45) is 5.73 Å². The predicted octanol–water partition coefficient (Wildman–Crippen LogP) is 0.212. The smallest absolute Gasteiger partial charge is 0.288 e. The SMILES string of the molecule is NC(=O)Cn1nnc2c(sc3nc(N4CCOCC4)c4c(c32)CCC4)c1=O. The van der Waals surface area contributed by atoms with Gasteiger partial charge in [-0.1, -0.05) is 5.21 Å². The molecule has 0 saturated carbocycles. The monoisotopic (exact) mass is 386 g/mol. The second-order valence-corrected chi connectivity index (χ2v) is 7.82. The summed E-state index contributed by atoms with van der Waals surface area (Å²) in [6.45, 7) is 2.76. The number of pyridine rings is 1. The first-order valence-electron chi connectivity index (χ1n) is 8.96. The molecule has 0 radical (unpaired) electrons. The van der Waals surface area contributed by atoms with Crippen LogP contribution in [0.1, 0.15) is 17.5 Å². The highest BCUT2D eigenvalue weighted by Crippen LogP contribution is 2.40. The Kier molecular flexibility index (Phi) is 3.83. The highest BCUT2D eigenvalue weighted by molar-refractivity contribution is 7.25. The number of anilines is 1. The average molecular weight is 386 g/mol. The molecule has 1 aliphatic heterocycles. The highest BCUT2D eigenvalue weighted by Gasteiger charge is 2.27. The third-order valence-corrected chi connectivity index (χ3v) is 6.22. The lowest BCUT2D eigenvalue weighted by Gasteiger charge is -2.29. The van der Waals surface area contributed by atoms with Crippen LogP contribution >= 0.6 is 11.3 Å². The number of carbonyl (C=O) groups excluding carboxylic acids is 1. The van der Waals surface area contributed by atoms with Gasteiger partial charge >= 0.3 is 0 Å². The number of carbonyl (C=O) groups is 1. The third-order valence-electron chi connectivity index (χ3n) is 5.16. The Bertz CT molecular complexity index is 1130.